The number of methoxy groups -OCH3 is 1. The Morgan fingerprint density at radius 2 is 2.20 bits per heavy atom. The van der Waals surface area contributed by atoms with Gasteiger partial charge in [-0.15, -0.1) is 0 Å². The molecule has 0 radical (unpaired) electrons. The van der Waals surface area contributed by atoms with Crippen LogP contribution in [0.5, 0.6) is 0 Å². The van der Waals surface area contributed by atoms with Gasteiger partial charge in [-0.2, -0.15) is 0 Å². The van der Waals surface area contributed by atoms with Crippen molar-refractivity contribution in [2.45, 2.75) is 51.7 Å². The van der Waals surface area contributed by atoms with E-state index in [-0.39, 0.29) is 17.5 Å². The molecule has 2 unspecified atom stereocenters. The first-order chi connectivity index (χ1) is 6.96. The van der Waals surface area contributed by atoms with Gasteiger partial charge in [0, 0.05) is 20.1 Å². The van der Waals surface area contributed by atoms with Crippen molar-refractivity contribution in [1.29, 1.82) is 0 Å². The lowest BCUT2D eigenvalue weighted by Gasteiger charge is -2.23. The van der Waals surface area contributed by atoms with Crippen LogP contribution in [0.4, 0.5) is 0 Å². The molecule has 1 fully saturated rings. The second-order valence-corrected chi connectivity index (χ2v) is 4.99. The number of ether oxygens (including phenoxy) is 2. The quantitative estimate of drug-likeness (QED) is 0.703. The van der Waals surface area contributed by atoms with Gasteiger partial charge in [0.1, 0.15) is 6.10 Å². The summed E-state index contributed by atoms with van der Waals surface area (Å²) in [5, 5.41) is 0. The average molecular weight is 214 g/mol. The Morgan fingerprint density at radius 3 is 2.67 bits per heavy atom. The van der Waals surface area contributed by atoms with Gasteiger partial charge in [-0.25, -0.2) is 0 Å². The zero-order chi connectivity index (χ0) is 11.5. The van der Waals surface area contributed by atoms with Crippen molar-refractivity contribution in [3.8, 4) is 0 Å². The van der Waals surface area contributed by atoms with Crippen LogP contribution in [0.2, 0.25) is 0 Å². The van der Waals surface area contributed by atoms with E-state index in [0.717, 1.165) is 19.4 Å². The lowest BCUT2D eigenvalue weighted by molar-refractivity contribution is -0.130. The first kappa shape index (κ1) is 12.7. The van der Waals surface area contributed by atoms with Crippen LogP contribution in [-0.2, 0) is 14.3 Å². The molecule has 1 aliphatic heterocycles. The number of Topliss-reactive ketones (excluding diaryl/α,β-unsaturated/α-hetero) is 1. The number of carbonyl (C=O) groups is 1. The lowest BCUT2D eigenvalue weighted by Crippen LogP contribution is -2.29. The minimum atomic E-state index is -0.211. The third kappa shape index (κ3) is 3.58. The van der Waals surface area contributed by atoms with Gasteiger partial charge in [-0.05, 0) is 32.6 Å². The molecule has 0 saturated carbocycles. The molecular formula is C12H22O3. The maximum absolute atomic E-state index is 11.8. The summed E-state index contributed by atoms with van der Waals surface area (Å²) in [6.07, 6.45) is 2.15. The Morgan fingerprint density at radius 1 is 1.53 bits per heavy atom. The second-order valence-electron chi connectivity index (χ2n) is 4.99. The van der Waals surface area contributed by atoms with Crippen LogP contribution < -0.4 is 0 Å². The Balaban J connectivity index is 2.36. The van der Waals surface area contributed by atoms with E-state index in [1.165, 1.54) is 0 Å². The summed E-state index contributed by atoms with van der Waals surface area (Å²) in [6, 6.07) is 0. The first-order valence-corrected chi connectivity index (χ1v) is 5.66. The molecule has 0 aromatic heterocycles. The van der Waals surface area contributed by atoms with Crippen LogP contribution in [-0.4, -0.2) is 31.2 Å². The summed E-state index contributed by atoms with van der Waals surface area (Å²) >= 11 is 0. The molecule has 0 N–H and O–H groups in total. The van der Waals surface area contributed by atoms with E-state index in [4.69, 9.17) is 9.47 Å². The van der Waals surface area contributed by atoms with Crippen molar-refractivity contribution in [3.05, 3.63) is 0 Å². The fraction of sp³-hybridized carbons (Fsp3) is 0.917. The van der Waals surface area contributed by atoms with Crippen molar-refractivity contribution in [1.82, 2.24) is 0 Å². The number of rotatable bonds is 5. The number of carbonyl (C=O) groups excluding carboxylic acids is 1. The standard InChI is InChI=1S/C12H22O3/c1-9-6-8-15-11(9)10(13)5-7-12(2,3)14-4/h9,11H,5-8H2,1-4H3. The van der Waals surface area contributed by atoms with Gasteiger partial charge in [-0.1, -0.05) is 6.92 Å². The minimum Gasteiger partial charge on any atom is -0.379 e. The normalized spacial score (nSPS) is 26.9. The molecule has 0 spiro atoms. The first-order valence-electron chi connectivity index (χ1n) is 5.66. The fourth-order valence-electron chi connectivity index (χ4n) is 1.78. The highest BCUT2D eigenvalue weighted by atomic mass is 16.5. The second kappa shape index (κ2) is 5.08. The van der Waals surface area contributed by atoms with Crippen molar-refractivity contribution in [2.24, 2.45) is 5.92 Å². The van der Waals surface area contributed by atoms with Crippen LogP contribution >= 0.6 is 0 Å². The zero-order valence-electron chi connectivity index (χ0n) is 10.2. The smallest absolute Gasteiger partial charge is 0.161 e. The Hall–Kier alpha value is -0.410. The predicted octanol–water partition coefficient (Wildman–Crippen LogP) is 2.19. The molecule has 88 valence electrons. The van der Waals surface area contributed by atoms with Gasteiger partial charge in [0.15, 0.2) is 5.78 Å². The van der Waals surface area contributed by atoms with Gasteiger partial charge in [0.2, 0.25) is 0 Å². The van der Waals surface area contributed by atoms with Crippen LogP contribution in [0.25, 0.3) is 0 Å². The number of hydrogen-bond acceptors (Lipinski definition) is 3. The summed E-state index contributed by atoms with van der Waals surface area (Å²) in [4.78, 5) is 11.8. The Labute approximate surface area is 92.1 Å². The average Bonchev–Trinajstić information content (AvgIpc) is 2.61. The highest BCUT2D eigenvalue weighted by Crippen LogP contribution is 2.24. The van der Waals surface area contributed by atoms with Crippen LogP contribution in [0.15, 0.2) is 0 Å². The van der Waals surface area contributed by atoms with E-state index in [9.17, 15) is 4.79 Å². The summed E-state index contributed by atoms with van der Waals surface area (Å²) in [7, 11) is 1.68. The Kier molecular flexibility index (Phi) is 4.29. The van der Waals surface area contributed by atoms with Gasteiger partial charge in [0.05, 0.1) is 5.60 Å². The molecule has 1 heterocycles. The molecule has 1 aliphatic rings. The van der Waals surface area contributed by atoms with Gasteiger partial charge < -0.3 is 9.47 Å². The Bertz CT molecular complexity index is 223. The van der Waals surface area contributed by atoms with Crippen molar-refractivity contribution in [2.75, 3.05) is 13.7 Å². The topological polar surface area (TPSA) is 35.5 Å². The third-order valence-electron chi connectivity index (χ3n) is 3.23. The highest BCUT2D eigenvalue weighted by Gasteiger charge is 2.31. The van der Waals surface area contributed by atoms with Crippen LogP contribution in [0, 0.1) is 5.92 Å². The van der Waals surface area contributed by atoms with Gasteiger partial charge >= 0.3 is 0 Å². The van der Waals surface area contributed by atoms with E-state index in [1.54, 1.807) is 7.11 Å². The number of hydrogen-bond donors (Lipinski definition) is 0. The predicted molar refractivity (Wildman–Crippen MR) is 58.9 cm³/mol. The summed E-state index contributed by atoms with van der Waals surface area (Å²) in [5.74, 6) is 0.605. The molecule has 1 rings (SSSR count). The summed E-state index contributed by atoms with van der Waals surface area (Å²) in [5.41, 5.74) is -0.211. The monoisotopic (exact) mass is 214 g/mol. The van der Waals surface area contributed by atoms with Crippen LogP contribution in [0.3, 0.4) is 0 Å². The number of ketones is 1. The molecule has 15 heavy (non-hydrogen) atoms. The summed E-state index contributed by atoms with van der Waals surface area (Å²) < 4.78 is 10.7. The van der Waals surface area contributed by atoms with E-state index in [0.29, 0.717) is 12.3 Å². The van der Waals surface area contributed by atoms with E-state index >= 15 is 0 Å². The van der Waals surface area contributed by atoms with E-state index in [2.05, 4.69) is 6.92 Å². The SMILES string of the molecule is COC(C)(C)CCC(=O)C1OCCC1C. The maximum Gasteiger partial charge on any atom is 0.161 e. The molecule has 3 heteroatoms. The zero-order valence-corrected chi connectivity index (χ0v) is 10.2. The van der Waals surface area contributed by atoms with E-state index < -0.39 is 0 Å². The molecule has 0 aliphatic carbocycles. The third-order valence-corrected chi connectivity index (χ3v) is 3.23. The molecule has 0 bridgehead atoms. The van der Waals surface area contributed by atoms with Gasteiger partial charge in [-0.3, -0.25) is 4.79 Å². The molecule has 2 atom stereocenters. The molecule has 3 nitrogen and oxygen atoms in total. The lowest BCUT2D eigenvalue weighted by atomic mass is 9.94. The minimum absolute atomic E-state index is 0.169. The van der Waals surface area contributed by atoms with Crippen LogP contribution in [0.1, 0.15) is 40.0 Å². The highest BCUT2D eigenvalue weighted by molar-refractivity contribution is 5.83. The van der Waals surface area contributed by atoms with Crippen molar-refractivity contribution >= 4 is 5.78 Å². The van der Waals surface area contributed by atoms with Gasteiger partial charge in [0.25, 0.3) is 0 Å². The summed E-state index contributed by atoms with van der Waals surface area (Å²) in [6.45, 7) is 6.81. The molecule has 0 aromatic carbocycles. The maximum atomic E-state index is 11.8. The molecule has 1 saturated heterocycles. The van der Waals surface area contributed by atoms with E-state index in [1.807, 2.05) is 13.8 Å². The molecule has 0 amide bonds. The largest absolute Gasteiger partial charge is 0.379 e. The van der Waals surface area contributed by atoms with Crippen molar-refractivity contribution < 1.29 is 14.3 Å². The molecule has 0 aromatic rings. The van der Waals surface area contributed by atoms with Crippen molar-refractivity contribution in [3.63, 3.8) is 0 Å². The fourth-order valence-corrected chi connectivity index (χ4v) is 1.78. The molecular weight excluding hydrogens is 192 g/mol.